The second-order valence-corrected chi connectivity index (χ2v) is 4.86. The van der Waals surface area contributed by atoms with Crippen molar-refractivity contribution in [2.24, 2.45) is 0 Å². The summed E-state index contributed by atoms with van der Waals surface area (Å²) < 4.78 is 4.96. The lowest BCUT2D eigenvalue weighted by atomic mass is 10.1. The topological polar surface area (TPSA) is 70.0 Å². The normalized spacial score (nSPS) is 23.2. The van der Waals surface area contributed by atoms with Crippen molar-refractivity contribution >= 4 is 5.91 Å². The second-order valence-electron chi connectivity index (χ2n) is 4.86. The molecular weight excluding hydrogens is 234 g/mol. The van der Waals surface area contributed by atoms with Crippen LogP contribution in [-0.2, 0) is 0 Å². The van der Waals surface area contributed by atoms with Gasteiger partial charge in [-0.15, -0.1) is 0 Å². The van der Waals surface area contributed by atoms with Crippen LogP contribution in [0.5, 0.6) is 11.5 Å². The van der Waals surface area contributed by atoms with Crippen molar-refractivity contribution in [1.82, 2.24) is 4.90 Å². The van der Waals surface area contributed by atoms with E-state index in [1.165, 1.54) is 19.2 Å². The fourth-order valence-corrected chi connectivity index (χ4v) is 2.11. The highest BCUT2D eigenvalue weighted by atomic mass is 16.5. The number of methoxy groups -OCH3 is 1. The van der Waals surface area contributed by atoms with Crippen molar-refractivity contribution in [2.75, 3.05) is 20.2 Å². The third-order valence-corrected chi connectivity index (χ3v) is 3.17. The Balaban J connectivity index is 2.19. The molecule has 5 nitrogen and oxygen atoms in total. The molecule has 0 bridgehead atoms. The third kappa shape index (κ3) is 2.41. The number of β-amino-alcohol motifs (C(OH)–C–C–N with tert-alkyl or cyclic N) is 1. The van der Waals surface area contributed by atoms with E-state index in [2.05, 4.69) is 0 Å². The maximum absolute atomic E-state index is 12.2. The first-order chi connectivity index (χ1) is 8.43. The molecule has 1 aromatic rings. The summed E-state index contributed by atoms with van der Waals surface area (Å²) in [5.74, 6) is 0.122. The number of aliphatic hydroxyl groups is 1. The van der Waals surface area contributed by atoms with Crippen molar-refractivity contribution in [3.8, 4) is 11.5 Å². The Bertz CT molecular complexity index is 470. The van der Waals surface area contributed by atoms with Crippen LogP contribution in [0.25, 0.3) is 0 Å². The van der Waals surface area contributed by atoms with Gasteiger partial charge in [0.1, 0.15) is 11.5 Å². The van der Waals surface area contributed by atoms with Gasteiger partial charge in [0.25, 0.3) is 5.91 Å². The molecule has 1 amide bonds. The standard InChI is InChI=1S/C13H17NO4/c1-13(17)5-6-14(8-13)12(16)10-4-3-9(18-2)7-11(10)15/h3-4,7,15,17H,5-6,8H2,1-2H3. The maximum Gasteiger partial charge on any atom is 0.257 e. The lowest BCUT2D eigenvalue weighted by Crippen LogP contribution is -2.33. The summed E-state index contributed by atoms with van der Waals surface area (Å²) in [6.45, 7) is 2.49. The summed E-state index contributed by atoms with van der Waals surface area (Å²) in [5, 5.41) is 19.6. The number of likely N-dealkylation sites (tertiary alicyclic amines) is 1. The Hall–Kier alpha value is -1.75. The monoisotopic (exact) mass is 251 g/mol. The molecule has 1 atom stereocenters. The molecule has 1 aliphatic heterocycles. The van der Waals surface area contributed by atoms with Crippen LogP contribution in [0.15, 0.2) is 18.2 Å². The van der Waals surface area contributed by atoms with Crippen molar-refractivity contribution < 1.29 is 19.7 Å². The lowest BCUT2D eigenvalue weighted by molar-refractivity contribution is 0.0570. The molecule has 0 aliphatic carbocycles. The van der Waals surface area contributed by atoms with Crippen molar-refractivity contribution in [2.45, 2.75) is 18.9 Å². The molecule has 1 aliphatic rings. The van der Waals surface area contributed by atoms with E-state index in [0.717, 1.165) is 0 Å². The number of hydrogen-bond donors (Lipinski definition) is 2. The number of amides is 1. The molecule has 1 aromatic carbocycles. The van der Waals surface area contributed by atoms with Crippen LogP contribution < -0.4 is 4.74 Å². The zero-order valence-electron chi connectivity index (χ0n) is 10.5. The van der Waals surface area contributed by atoms with E-state index in [-0.39, 0.29) is 23.8 Å². The molecule has 1 fully saturated rings. The zero-order valence-corrected chi connectivity index (χ0v) is 10.5. The van der Waals surface area contributed by atoms with Crippen molar-refractivity contribution in [1.29, 1.82) is 0 Å². The quantitative estimate of drug-likeness (QED) is 0.822. The largest absolute Gasteiger partial charge is 0.507 e. The van der Waals surface area contributed by atoms with E-state index in [4.69, 9.17) is 4.74 Å². The number of carbonyl (C=O) groups excluding carboxylic acids is 1. The predicted octanol–water partition coefficient (Wildman–Crippen LogP) is 0.998. The molecule has 98 valence electrons. The van der Waals surface area contributed by atoms with Crippen molar-refractivity contribution in [3.63, 3.8) is 0 Å². The van der Waals surface area contributed by atoms with Gasteiger partial charge in [0, 0.05) is 19.2 Å². The van der Waals surface area contributed by atoms with Crippen LogP contribution in [0.1, 0.15) is 23.7 Å². The molecule has 2 rings (SSSR count). The van der Waals surface area contributed by atoms with Gasteiger partial charge in [0.05, 0.1) is 18.3 Å². The number of nitrogens with zero attached hydrogens (tertiary/aromatic N) is 1. The fourth-order valence-electron chi connectivity index (χ4n) is 2.11. The summed E-state index contributed by atoms with van der Waals surface area (Å²) >= 11 is 0. The van der Waals surface area contributed by atoms with E-state index in [9.17, 15) is 15.0 Å². The van der Waals surface area contributed by atoms with Crippen LogP contribution >= 0.6 is 0 Å². The third-order valence-electron chi connectivity index (χ3n) is 3.17. The van der Waals surface area contributed by atoms with E-state index < -0.39 is 5.60 Å². The number of aromatic hydroxyl groups is 1. The highest BCUT2D eigenvalue weighted by Gasteiger charge is 2.34. The molecule has 0 aromatic heterocycles. The fraction of sp³-hybridized carbons (Fsp3) is 0.462. The van der Waals surface area contributed by atoms with Crippen molar-refractivity contribution in [3.05, 3.63) is 23.8 Å². The highest BCUT2D eigenvalue weighted by molar-refractivity contribution is 5.97. The molecule has 0 spiro atoms. The first-order valence-corrected chi connectivity index (χ1v) is 5.81. The first kappa shape index (κ1) is 12.7. The Morgan fingerprint density at radius 2 is 2.22 bits per heavy atom. The van der Waals surface area contributed by atoms with E-state index in [0.29, 0.717) is 18.7 Å². The molecule has 5 heteroatoms. The first-order valence-electron chi connectivity index (χ1n) is 5.81. The summed E-state index contributed by atoms with van der Waals surface area (Å²) in [6.07, 6.45) is 0.551. The van der Waals surface area contributed by atoms with Gasteiger partial charge in [-0.05, 0) is 25.5 Å². The molecule has 1 unspecified atom stereocenters. The molecule has 1 heterocycles. The molecule has 0 saturated carbocycles. The summed E-state index contributed by atoms with van der Waals surface area (Å²) in [6, 6.07) is 4.56. The van der Waals surface area contributed by atoms with Gasteiger partial charge in [-0.3, -0.25) is 4.79 Å². The van der Waals surface area contributed by atoms with Crippen LogP contribution in [0.3, 0.4) is 0 Å². The number of ether oxygens (including phenoxy) is 1. The predicted molar refractivity (Wildman–Crippen MR) is 65.8 cm³/mol. The average Bonchev–Trinajstić information content (AvgIpc) is 2.68. The number of carbonyl (C=O) groups is 1. The summed E-state index contributed by atoms with van der Waals surface area (Å²) in [4.78, 5) is 13.7. The number of hydrogen-bond acceptors (Lipinski definition) is 4. The average molecular weight is 251 g/mol. The second kappa shape index (κ2) is 4.49. The summed E-state index contributed by atoms with van der Waals surface area (Å²) in [7, 11) is 1.49. The Labute approximate surface area is 106 Å². The minimum absolute atomic E-state index is 0.106. The Morgan fingerprint density at radius 1 is 1.50 bits per heavy atom. The van der Waals surface area contributed by atoms with Gasteiger partial charge < -0.3 is 19.8 Å². The number of phenols is 1. The molecule has 2 N–H and O–H groups in total. The molecular formula is C13H17NO4. The summed E-state index contributed by atoms with van der Waals surface area (Å²) in [5.41, 5.74) is -0.605. The van der Waals surface area contributed by atoms with Crippen LogP contribution in [0.4, 0.5) is 0 Å². The molecule has 18 heavy (non-hydrogen) atoms. The van der Waals surface area contributed by atoms with Gasteiger partial charge in [0.15, 0.2) is 0 Å². The minimum atomic E-state index is -0.836. The number of phenolic OH excluding ortho intramolecular Hbond substituents is 1. The van der Waals surface area contributed by atoms with Crippen LogP contribution in [0, 0.1) is 0 Å². The maximum atomic E-state index is 12.2. The van der Waals surface area contributed by atoms with E-state index in [1.54, 1.807) is 17.9 Å². The van der Waals surface area contributed by atoms with Gasteiger partial charge in [-0.1, -0.05) is 0 Å². The van der Waals surface area contributed by atoms with Gasteiger partial charge >= 0.3 is 0 Å². The van der Waals surface area contributed by atoms with Crippen LogP contribution in [0.2, 0.25) is 0 Å². The lowest BCUT2D eigenvalue weighted by Gasteiger charge is -2.19. The zero-order chi connectivity index (χ0) is 13.3. The number of benzene rings is 1. The number of rotatable bonds is 2. The highest BCUT2D eigenvalue weighted by Crippen LogP contribution is 2.27. The minimum Gasteiger partial charge on any atom is -0.507 e. The Kier molecular flexibility index (Phi) is 3.17. The van der Waals surface area contributed by atoms with Gasteiger partial charge in [-0.2, -0.15) is 0 Å². The van der Waals surface area contributed by atoms with E-state index >= 15 is 0 Å². The molecule has 0 radical (unpaired) electrons. The van der Waals surface area contributed by atoms with Gasteiger partial charge in [-0.25, -0.2) is 0 Å². The SMILES string of the molecule is COc1ccc(C(=O)N2CCC(C)(O)C2)c(O)c1. The Morgan fingerprint density at radius 3 is 2.72 bits per heavy atom. The smallest absolute Gasteiger partial charge is 0.257 e. The van der Waals surface area contributed by atoms with Gasteiger partial charge in [0.2, 0.25) is 0 Å². The van der Waals surface area contributed by atoms with E-state index in [1.807, 2.05) is 0 Å². The molecule has 1 saturated heterocycles. The van der Waals surface area contributed by atoms with Crippen LogP contribution in [-0.4, -0.2) is 46.8 Å².